The molecule has 2 aromatic carbocycles. The van der Waals surface area contributed by atoms with Crippen LogP contribution in [0.15, 0.2) is 97.3 Å². The second-order valence-electron chi connectivity index (χ2n) is 15.6. The number of nitrogens with one attached hydrogen (secondary N) is 1. The number of carbonyl (C=O) groups excluding carboxylic acids is 1. The summed E-state index contributed by atoms with van der Waals surface area (Å²) in [6.07, 6.45) is 15.6. The van der Waals surface area contributed by atoms with Crippen molar-refractivity contribution in [2.45, 2.75) is 53.9 Å². The molecule has 0 saturated heterocycles. The van der Waals surface area contributed by atoms with Gasteiger partial charge in [0.1, 0.15) is 0 Å². The van der Waals surface area contributed by atoms with Crippen LogP contribution in [0.2, 0.25) is 0 Å². The Kier molecular flexibility index (Phi) is 12.0. The Morgan fingerprint density at radius 2 is 1.23 bits per heavy atom. The van der Waals surface area contributed by atoms with E-state index in [4.69, 9.17) is 9.97 Å². The molecule has 6 nitrogen and oxygen atoms in total. The molecule has 53 heavy (non-hydrogen) atoms. The van der Waals surface area contributed by atoms with Crippen molar-refractivity contribution >= 4 is 18.1 Å². The molecule has 1 amide bonds. The van der Waals surface area contributed by atoms with Gasteiger partial charge in [-0.3, -0.25) is 14.8 Å². The van der Waals surface area contributed by atoms with Gasteiger partial charge in [0.15, 0.2) is 0 Å². The minimum Gasteiger partial charge on any atom is -0.356 e. The monoisotopic (exact) mass is 701 g/mol. The fraction of sp³-hybridized carbons (Fsp3) is 0.383. The van der Waals surface area contributed by atoms with Crippen LogP contribution in [-0.2, 0) is 4.79 Å². The Bertz CT molecular complexity index is 2020. The van der Waals surface area contributed by atoms with Gasteiger partial charge in [-0.1, -0.05) is 102 Å². The summed E-state index contributed by atoms with van der Waals surface area (Å²) in [4.78, 5) is 23.4. The highest BCUT2D eigenvalue weighted by Crippen LogP contribution is 2.44. The maximum atomic E-state index is 14.0. The first kappa shape index (κ1) is 37.4. The summed E-state index contributed by atoms with van der Waals surface area (Å²) in [5.74, 6) is 3.28. The summed E-state index contributed by atoms with van der Waals surface area (Å²) in [5.41, 5.74) is 6.69. The van der Waals surface area contributed by atoms with Crippen LogP contribution < -0.4 is 5.32 Å². The Hall–Kier alpha value is -5.33. The lowest BCUT2D eigenvalue weighted by molar-refractivity contribution is -0.130. The molecule has 0 spiro atoms. The Labute approximate surface area is 315 Å². The number of nitrogens with zero attached hydrogens (tertiary/aromatic N) is 4. The van der Waals surface area contributed by atoms with E-state index in [2.05, 4.69) is 76.4 Å². The molecule has 4 aromatic rings. The van der Waals surface area contributed by atoms with E-state index in [9.17, 15) is 15.3 Å². The van der Waals surface area contributed by atoms with Gasteiger partial charge in [0.2, 0.25) is 5.91 Å². The van der Waals surface area contributed by atoms with Gasteiger partial charge in [-0.15, -0.1) is 0 Å². The number of nitriles is 2. The van der Waals surface area contributed by atoms with E-state index in [1.165, 1.54) is 6.42 Å². The maximum absolute atomic E-state index is 14.0. The van der Waals surface area contributed by atoms with Gasteiger partial charge in [-0.25, -0.2) is 0 Å². The number of amides is 1. The molecule has 270 valence electrons. The van der Waals surface area contributed by atoms with E-state index in [-0.39, 0.29) is 23.7 Å². The highest BCUT2D eigenvalue weighted by atomic mass is 16.1. The predicted molar refractivity (Wildman–Crippen MR) is 213 cm³/mol. The summed E-state index contributed by atoms with van der Waals surface area (Å²) in [6.45, 7) is 12.2. The molecular formula is C47H51N5O. The second-order valence-corrected chi connectivity index (χ2v) is 15.6. The van der Waals surface area contributed by atoms with Crippen molar-refractivity contribution in [3.05, 3.63) is 120 Å². The summed E-state index contributed by atoms with van der Waals surface area (Å²) < 4.78 is 0. The van der Waals surface area contributed by atoms with Crippen LogP contribution in [-0.4, -0.2) is 22.4 Å². The maximum Gasteiger partial charge on any atom is 0.223 e. The molecule has 2 aromatic heterocycles. The van der Waals surface area contributed by atoms with Crippen LogP contribution in [0.3, 0.4) is 0 Å². The van der Waals surface area contributed by atoms with Crippen molar-refractivity contribution in [1.29, 1.82) is 10.5 Å². The number of carbonyl (C=O) groups is 1. The molecule has 0 radical (unpaired) electrons. The third kappa shape index (κ3) is 8.50. The minimum atomic E-state index is -0.0449. The summed E-state index contributed by atoms with van der Waals surface area (Å²) in [7, 11) is 0. The van der Waals surface area contributed by atoms with Gasteiger partial charge in [0.05, 0.1) is 34.7 Å². The number of allylic oxidation sites excluding steroid dienone is 2. The quantitative estimate of drug-likeness (QED) is 0.187. The van der Waals surface area contributed by atoms with Gasteiger partial charge in [-0.05, 0) is 96.6 Å². The molecule has 6 rings (SSSR count). The number of pyridine rings is 2. The Balaban J connectivity index is 1.10. The molecule has 0 unspecified atom stereocenters. The lowest BCUT2D eigenvalue weighted by atomic mass is 9.63. The van der Waals surface area contributed by atoms with Crippen molar-refractivity contribution in [2.24, 2.45) is 53.3 Å². The first-order chi connectivity index (χ1) is 25.7. The number of benzene rings is 2. The normalized spacial score (nSPS) is 27.3. The van der Waals surface area contributed by atoms with Crippen LogP contribution >= 0.6 is 0 Å². The van der Waals surface area contributed by atoms with E-state index in [1.54, 1.807) is 0 Å². The van der Waals surface area contributed by atoms with E-state index >= 15 is 0 Å². The van der Waals surface area contributed by atoms with E-state index in [1.807, 2.05) is 85.2 Å². The van der Waals surface area contributed by atoms with Crippen LogP contribution in [0.4, 0.5) is 0 Å². The number of aromatic nitrogens is 2. The van der Waals surface area contributed by atoms with Crippen molar-refractivity contribution in [2.75, 3.05) is 6.54 Å². The van der Waals surface area contributed by atoms with E-state index < -0.39 is 0 Å². The number of hydrogen-bond acceptors (Lipinski definition) is 5. The molecule has 2 saturated carbocycles. The summed E-state index contributed by atoms with van der Waals surface area (Å²) in [6, 6.07) is 27.8. The highest BCUT2D eigenvalue weighted by Gasteiger charge is 2.41. The zero-order valence-electron chi connectivity index (χ0n) is 31.6. The zero-order chi connectivity index (χ0) is 37.5. The predicted octanol–water partition coefficient (Wildman–Crippen LogP) is 10.2. The van der Waals surface area contributed by atoms with Crippen molar-refractivity contribution in [3.8, 4) is 34.4 Å². The molecule has 6 heteroatoms. The van der Waals surface area contributed by atoms with Gasteiger partial charge in [-0.2, -0.15) is 10.5 Å². The lowest BCUT2D eigenvalue weighted by Crippen LogP contribution is -2.46. The molecule has 0 aliphatic heterocycles. The highest BCUT2D eigenvalue weighted by molar-refractivity contribution is 5.79. The van der Waals surface area contributed by atoms with Gasteiger partial charge < -0.3 is 5.32 Å². The molecule has 2 fully saturated rings. The molecule has 2 heterocycles. The van der Waals surface area contributed by atoms with Gasteiger partial charge in [0.25, 0.3) is 0 Å². The van der Waals surface area contributed by atoms with Crippen LogP contribution in [0, 0.1) is 75.9 Å². The third-order valence-corrected chi connectivity index (χ3v) is 12.6. The first-order valence-corrected chi connectivity index (χ1v) is 19.2. The lowest BCUT2D eigenvalue weighted by Gasteiger charge is -2.43. The summed E-state index contributed by atoms with van der Waals surface area (Å²) >= 11 is 0. The van der Waals surface area contributed by atoms with Gasteiger partial charge >= 0.3 is 0 Å². The van der Waals surface area contributed by atoms with Crippen LogP contribution in [0.5, 0.6) is 0 Å². The Morgan fingerprint density at radius 1 is 0.698 bits per heavy atom. The van der Waals surface area contributed by atoms with Crippen LogP contribution in [0.25, 0.3) is 34.4 Å². The molecule has 2 aliphatic rings. The van der Waals surface area contributed by atoms with Crippen molar-refractivity contribution in [3.63, 3.8) is 0 Å². The molecule has 9 atom stereocenters. The van der Waals surface area contributed by atoms with Crippen LogP contribution in [0.1, 0.15) is 76.4 Å². The smallest absolute Gasteiger partial charge is 0.223 e. The number of rotatable bonds is 9. The average molecular weight is 702 g/mol. The average Bonchev–Trinajstić information content (AvgIpc) is 3.19. The molecule has 0 bridgehead atoms. The topological polar surface area (TPSA) is 102 Å². The number of hydrogen-bond donors (Lipinski definition) is 1. The third-order valence-electron chi connectivity index (χ3n) is 12.6. The molecular weight excluding hydrogens is 651 g/mol. The first-order valence-electron chi connectivity index (χ1n) is 19.2. The summed E-state index contributed by atoms with van der Waals surface area (Å²) in [5, 5.41) is 22.5. The van der Waals surface area contributed by atoms with Gasteiger partial charge in [0, 0.05) is 47.1 Å². The zero-order valence-corrected chi connectivity index (χ0v) is 31.6. The van der Waals surface area contributed by atoms with Crippen molar-refractivity contribution < 1.29 is 4.79 Å². The van der Waals surface area contributed by atoms with Crippen molar-refractivity contribution in [1.82, 2.24) is 15.3 Å². The van der Waals surface area contributed by atoms with E-state index in [0.29, 0.717) is 53.2 Å². The minimum absolute atomic E-state index is 0.0449. The standard InChI is InChI=1S/C47H51N5O/c1-30-14-15-37(43(32(30)3)23-21-41-19-17-39(28-51-41)45-13-9-7-11-36(45)26-49)29-52-47(53)46-24-31(2)33(4)42(34(46)5)22-20-40-18-16-38(27-50-40)44-12-8-6-10-35(44)25-48/h6-13,16-23,27-28,30-34,37,42-43,46H,14-15,24,29H2,1-5H3,(H,52,53)/b22-20+,23-21+/t30-,31-,32+,33+,34-,37-,42-,43-,46+/m0/s1. The SMILES string of the molecule is C[C@H]1[C@H](/C=C/c2ccc(-c3ccccc3C#N)cn2)[C@H](C)[C@H](C(=O)NC[C@@H]2CC[C@H](C)[C@@H](C)[C@@H]2/C=C/c2ccc(-c3ccccc3C#N)cn2)C[C@@H]1C. The Morgan fingerprint density at radius 3 is 1.75 bits per heavy atom. The molecule has 2 aliphatic carbocycles. The molecule has 1 N–H and O–H groups in total. The fourth-order valence-corrected chi connectivity index (χ4v) is 8.74. The fourth-order valence-electron chi connectivity index (χ4n) is 8.74. The largest absolute Gasteiger partial charge is 0.356 e. The van der Waals surface area contributed by atoms with E-state index in [0.717, 1.165) is 46.5 Å². The second kappa shape index (κ2) is 17.0.